The first-order valence-corrected chi connectivity index (χ1v) is 8.41. The summed E-state index contributed by atoms with van der Waals surface area (Å²) in [6.45, 7) is 5.72. The quantitative estimate of drug-likeness (QED) is 0.906. The zero-order valence-corrected chi connectivity index (χ0v) is 13.4. The van der Waals surface area contributed by atoms with Gasteiger partial charge in [-0.15, -0.1) is 0 Å². The summed E-state index contributed by atoms with van der Waals surface area (Å²) in [5.74, 6) is 1.75. The Bertz CT molecular complexity index is 486. The Hall–Kier alpha value is -0.770. The van der Waals surface area contributed by atoms with Crippen LogP contribution in [0.3, 0.4) is 0 Å². The van der Waals surface area contributed by atoms with E-state index in [1.165, 1.54) is 11.1 Å². The number of benzene rings is 1. The van der Waals surface area contributed by atoms with Crippen LogP contribution < -0.4 is 10.1 Å². The Labute approximate surface area is 132 Å². The minimum atomic E-state index is 0.477. The van der Waals surface area contributed by atoms with Gasteiger partial charge in [-0.2, -0.15) is 0 Å². The Morgan fingerprint density at radius 2 is 2.10 bits per heavy atom. The monoisotopic (exact) mass is 309 g/mol. The van der Waals surface area contributed by atoms with E-state index in [2.05, 4.69) is 18.3 Å². The summed E-state index contributed by atoms with van der Waals surface area (Å²) in [5, 5.41) is 4.49. The second-order valence-electron chi connectivity index (χ2n) is 5.97. The molecule has 21 heavy (non-hydrogen) atoms. The molecule has 0 amide bonds. The third-order valence-electron chi connectivity index (χ3n) is 4.57. The van der Waals surface area contributed by atoms with Gasteiger partial charge in [0.1, 0.15) is 5.75 Å². The van der Waals surface area contributed by atoms with Gasteiger partial charge >= 0.3 is 0 Å². The van der Waals surface area contributed by atoms with Crippen LogP contribution >= 0.6 is 11.6 Å². The van der Waals surface area contributed by atoms with Crippen LogP contribution in [0.25, 0.3) is 0 Å². The van der Waals surface area contributed by atoms with Gasteiger partial charge in [0.05, 0.1) is 6.61 Å². The predicted molar refractivity (Wildman–Crippen MR) is 85.4 cm³/mol. The van der Waals surface area contributed by atoms with Crippen molar-refractivity contribution in [1.29, 1.82) is 0 Å². The summed E-state index contributed by atoms with van der Waals surface area (Å²) in [5.41, 5.74) is 2.52. The lowest BCUT2D eigenvalue weighted by Gasteiger charge is -2.31. The number of fused-ring (bicyclic) bond motifs is 1. The Morgan fingerprint density at radius 3 is 2.86 bits per heavy atom. The van der Waals surface area contributed by atoms with Crippen LogP contribution in [0.2, 0.25) is 5.02 Å². The standard InChI is InChI=1S/C17H24ClNO2/c1-2-19-16(12-3-6-20-7-4-12)11-14-10-15(18)9-13-5-8-21-17(13)14/h9-10,12,16,19H,2-8,11H2,1H3. The molecule has 0 radical (unpaired) electrons. The van der Waals surface area contributed by atoms with Crippen molar-refractivity contribution in [1.82, 2.24) is 5.32 Å². The molecule has 0 aromatic heterocycles. The van der Waals surface area contributed by atoms with Crippen LogP contribution in [0.5, 0.6) is 5.75 Å². The average Bonchev–Trinajstić information content (AvgIpc) is 2.96. The second kappa shape index (κ2) is 6.99. The van der Waals surface area contributed by atoms with Crippen molar-refractivity contribution in [3.63, 3.8) is 0 Å². The van der Waals surface area contributed by atoms with Gasteiger partial charge in [-0.25, -0.2) is 0 Å². The highest BCUT2D eigenvalue weighted by atomic mass is 35.5. The fraction of sp³-hybridized carbons (Fsp3) is 0.647. The normalized spacial score (nSPS) is 20.1. The molecule has 3 nitrogen and oxygen atoms in total. The van der Waals surface area contributed by atoms with E-state index in [-0.39, 0.29) is 0 Å². The Balaban J connectivity index is 1.79. The number of rotatable bonds is 5. The lowest BCUT2D eigenvalue weighted by molar-refractivity contribution is 0.0539. The van der Waals surface area contributed by atoms with Gasteiger partial charge in [0.25, 0.3) is 0 Å². The summed E-state index contributed by atoms with van der Waals surface area (Å²) < 4.78 is 11.3. The predicted octanol–water partition coefficient (Wildman–Crippen LogP) is 3.22. The molecule has 2 heterocycles. The van der Waals surface area contributed by atoms with Gasteiger partial charge in [0, 0.05) is 30.7 Å². The average molecular weight is 310 g/mol. The molecule has 0 bridgehead atoms. The van der Waals surface area contributed by atoms with E-state index in [9.17, 15) is 0 Å². The maximum absolute atomic E-state index is 6.28. The van der Waals surface area contributed by atoms with Crippen LogP contribution in [0.15, 0.2) is 12.1 Å². The molecule has 4 heteroatoms. The third kappa shape index (κ3) is 3.53. The maximum atomic E-state index is 6.28. The number of ether oxygens (including phenoxy) is 2. The minimum absolute atomic E-state index is 0.477. The fourth-order valence-electron chi connectivity index (χ4n) is 3.52. The number of halogens is 1. The van der Waals surface area contributed by atoms with Gasteiger partial charge in [0.2, 0.25) is 0 Å². The summed E-state index contributed by atoms with van der Waals surface area (Å²) in [7, 11) is 0. The van der Waals surface area contributed by atoms with Crippen molar-refractivity contribution in [2.75, 3.05) is 26.4 Å². The number of likely N-dealkylation sites (N-methyl/N-ethyl adjacent to an activating group) is 1. The highest BCUT2D eigenvalue weighted by molar-refractivity contribution is 6.30. The molecule has 1 fully saturated rings. The van der Waals surface area contributed by atoms with Crippen LogP contribution in [-0.2, 0) is 17.6 Å². The maximum Gasteiger partial charge on any atom is 0.125 e. The van der Waals surface area contributed by atoms with Crippen molar-refractivity contribution >= 4 is 11.6 Å². The van der Waals surface area contributed by atoms with Crippen molar-refractivity contribution in [3.05, 3.63) is 28.3 Å². The molecule has 116 valence electrons. The summed E-state index contributed by atoms with van der Waals surface area (Å²) in [6.07, 6.45) is 4.25. The van der Waals surface area contributed by atoms with Crippen LogP contribution in [-0.4, -0.2) is 32.4 Å². The molecule has 1 N–H and O–H groups in total. The number of nitrogens with one attached hydrogen (secondary N) is 1. The van der Waals surface area contributed by atoms with Crippen LogP contribution in [0, 0.1) is 5.92 Å². The van der Waals surface area contributed by atoms with E-state index in [4.69, 9.17) is 21.1 Å². The smallest absolute Gasteiger partial charge is 0.125 e. The van der Waals surface area contributed by atoms with E-state index in [0.29, 0.717) is 12.0 Å². The van der Waals surface area contributed by atoms with E-state index in [1.54, 1.807) is 0 Å². The lowest BCUT2D eigenvalue weighted by atomic mass is 9.87. The zero-order chi connectivity index (χ0) is 14.7. The number of hydrogen-bond acceptors (Lipinski definition) is 3. The molecule has 3 rings (SSSR count). The molecule has 1 unspecified atom stereocenters. The van der Waals surface area contributed by atoms with E-state index >= 15 is 0 Å². The minimum Gasteiger partial charge on any atom is -0.493 e. The molecule has 1 aromatic rings. The molecule has 1 aromatic carbocycles. The van der Waals surface area contributed by atoms with Crippen LogP contribution in [0.1, 0.15) is 30.9 Å². The highest BCUT2D eigenvalue weighted by Crippen LogP contribution is 2.34. The van der Waals surface area contributed by atoms with Crippen molar-refractivity contribution in [3.8, 4) is 5.75 Å². The van der Waals surface area contributed by atoms with E-state index in [1.807, 2.05) is 6.07 Å². The molecule has 1 atom stereocenters. The van der Waals surface area contributed by atoms with Crippen molar-refractivity contribution in [2.24, 2.45) is 5.92 Å². The first-order chi connectivity index (χ1) is 10.3. The molecule has 2 aliphatic rings. The first-order valence-electron chi connectivity index (χ1n) is 8.03. The van der Waals surface area contributed by atoms with Crippen molar-refractivity contribution < 1.29 is 9.47 Å². The van der Waals surface area contributed by atoms with Crippen molar-refractivity contribution in [2.45, 2.75) is 38.6 Å². The summed E-state index contributed by atoms with van der Waals surface area (Å²) in [6, 6.07) is 4.60. The molecule has 0 saturated carbocycles. The van der Waals surface area contributed by atoms with Gasteiger partial charge in [-0.05, 0) is 55.0 Å². The lowest BCUT2D eigenvalue weighted by Crippen LogP contribution is -2.40. The molecule has 1 saturated heterocycles. The van der Waals surface area contributed by atoms with E-state index < -0.39 is 0 Å². The molecule has 2 aliphatic heterocycles. The molecule has 0 spiro atoms. The van der Waals surface area contributed by atoms with Gasteiger partial charge in [-0.1, -0.05) is 18.5 Å². The first kappa shape index (κ1) is 15.1. The Kier molecular flexibility index (Phi) is 5.04. The summed E-state index contributed by atoms with van der Waals surface area (Å²) in [4.78, 5) is 0. The molecular weight excluding hydrogens is 286 g/mol. The van der Waals surface area contributed by atoms with Crippen LogP contribution in [0.4, 0.5) is 0 Å². The van der Waals surface area contributed by atoms with E-state index in [0.717, 1.165) is 62.8 Å². The third-order valence-corrected chi connectivity index (χ3v) is 4.78. The molecule has 0 aliphatic carbocycles. The highest BCUT2D eigenvalue weighted by Gasteiger charge is 2.26. The van der Waals surface area contributed by atoms with Gasteiger partial charge in [0.15, 0.2) is 0 Å². The zero-order valence-electron chi connectivity index (χ0n) is 12.7. The SMILES string of the molecule is CCNC(Cc1cc(Cl)cc2c1OCC2)C1CCOCC1. The second-order valence-corrected chi connectivity index (χ2v) is 6.41. The number of hydrogen-bond donors (Lipinski definition) is 1. The molecular formula is C17H24ClNO2. The van der Waals surface area contributed by atoms with Gasteiger partial charge in [-0.3, -0.25) is 0 Å². The fourth-order valence-corrected chi connectivity index (χ4v) is 3.78. The topological polar surface area (TPSA) is 30.5 Å². The largest absolute Gasteiger partial charge is 0.493 e. The summed E-state index contributed by atoms with van der Waals surface area (Å²) >= 11 is 6.28. The van der Waals surface area contributed by atoms with Gasteiger partial charge < -0.3 is 14.8 Å². The Morgan fingerprint density at radius 1 is 1.29 bits per heavy atom.